The molecule has 5 heteroatoms. The number of methoxy groups -OCH3 is 1. The molecule has 0 aliphatic rings. The molecule has 2 aromatic rings. The van der Waals surface area contributed by atoms with E-state index in [1.807, 2.05) is 36.9 Å². The van der Waals surface area contributed by atoms with Gasteiger partial charge in [0.15, 0.2) is 0 Å². The summed E-state index contributed by atoms with van der Waals surface area (Å²) in [6.07, 6.45) is 1.40. The van der Waals surface area contributed by atoms with E-state index in [9.17, 15) is 9.90 Å². The Morgan fingerprint density at radius 3 is 2.60 bits per heavy atom. The molecule has 0 aliphatic carbocycles. The number of hydrogen-bond acceptors (Lipinski definition) is 4. The van der Waals surface area contributed by atoms with E-state index in [4.69, 9.17) is 4.74 Å². The lowest BCUT2D eigenvalue weighted by Crippen LogP contribution is -2.24. The zero-order valence-corrected chi connectivity index (χ0v) is 11.9. The Bertz CT molecular complexity index is 636. The number of rotatable bonds is 5. The highest BCUT2D eigenvalue weighted by molar-refractivity contribution is 6.05. The maximum atomic E-state index is 11.5. The Morgan fingerprint density at radius 1 is 1.35 bits per heavy atom. The van der Waals surface area contributed by atoms with E-state index in [2.05, 4.69) is 4.98 Å². The van der Waals surface area contributed by atoms with E-state index in [1.54, 1.807) is 7.11 Å². The van der Waals surface area contributed by atoms with Gasteiger partial charge in [0.1, 0.15) is 16.8 Å². The van der Waals surface area contributed by atoms with Crippen molar-refractivity contribution < 1.29 is 14.6 Å². The van der Waals surface area contributed by atoms with Gasteiger partial charge >= 0.3 is 5.97 Å². The fourth-order valence-electron chi connectivity index (χ4n) is 2.38. The monoisotopic (exact) mass is 274 g/mol. The summed E-state index contributed by atoms with van der Waals surface area (Å²) in [6, 6.07) is 5.55. The molecule has 1 N–H and O–H groups in total. The molecular weight excluding hydrogens is 256 g/mol. The minimum absolute atomic E-state index is 0.217. The van der Waals surface area contributed by atoms with Crippen LogP contribution in [-0.4, -0.2) is 36.3 Å². The van der Waals surface area contributed by atoms with Gasteiger partial charge in [-0.3, -0.25) is 4.98 Å². The normalized spacial score (nSPS) is 10.6. The second-order valence-corrected chi connectivity index (χ2v) is 4.35. The highest BCUT2D eigenvalue weighted by Crippen LogP contribution is 2.33. The van der Waals surface area contributed by atoms with Gasteiger partial charge in [-0.15, -0.1) is 0 Å². The molecule has 1 heterocycles. The molecule has 1 aromatic heterocycles. The average molecular weight is 274 g/mol. The van der Waals surface area contributed by atoms with Crippen LogP contribution in [0, 0.1) is 0 Å². The molecule has 20 heavy (non-hydrogen) atoms. The van der Waals surface area contributed by atoms with Gasteiger partial charge in [-0.05, 0) is 19.9 Å². The zero-order valence-electron chi connectivity index (χ0n) is 11.9. The third kappa shape index (κ3) is 2.27. The smallest absolute Gasteiger partial charge is 0.339 e. The number of carboxylic acid groups (broad SMARTS) is 1. The van der Waals surface area contributed by atoms with Crippen LogP contribution in [0.3, 0.4) is 0 Å². The summed E-state index contributed by atoms with van der Waals surface area (Å²) in [6.45, 7) is 5.46. The Kier molecular flexibility index (Phi) is 4.08. The maximum Gasteiger partial charge on any atom is 0.339 e. The highest BCUT2D eigenvalue weighted by atomic mass is 16.5. The van der Waals surface area contributed by atoms with Gasteiger partial charge in [-0.2, -0.15) is 0 Å². The molecule has 1 aromatic carbocycles. The van der Waals surface area contributed by atoms with Gasteiger partial charge in [-0.25, -0.2) is 4.79 Å². The lowest BCUT2D eigenvalue weighted by Gasteiger charge is -2.24. The summed E-state index contributed by atoms with van der Waals surface area (Å²) in [5, 5.41) is 10.2. The number of para-hydroxylation sites is 1. The molecule has 0 spiro atoms. The van der Waals surface area contributed by atoms with Crippen LogP contribution < -0.4 is 9.64 Å². The second-order valence-electron chi connectivity index (χ2n) is 4.35. The summed E-state index contributed by atoms with van der Waals surface area (Å²) >= 11 is 0. The summed E-state index contributed by atoms with van der Waals surface area (Å²) in [5.74, 6) is -0.322. The summed E-state index contributed by atoms with van der Waals surface area (Å²) < 4.78 is 5.30. The standard InChI is InChI=1S/C15H18N2O3/c1-4-17(5-2)14-10-7-6-8-12(20-3)13(10)16-9-11(14)15(18)19/h6-9H,4-5H2,1-3H3,(H,18,19). The minimum Gasteiger partial charge on any atom is -0.494 e. The van der Waals surface area contributed by atoms with E-state index in [-0.39, 0.29) is 5.56 Å². The van der Waals surface area contributed by atoms with Crippen molar-refractivity contribution in [3.8, 4) is 5.75 Å². The molecule has 0 saturated heterocycles. The summed E-state index contributed by atoms with van der Waals surface area (Å²) in [7, 11) is 1.58. The number of pyridine rings is 1. The Hall–Kier alpha value is -2.30. The molecule has 0 radical (unpaired) electrons. The maximum absolute atomic E-state index is 11.5. The van der Waals surface area contributed by atoms with Crippen molar-refractivity contribution in [2.75, 3.05) is 25.1 Å². The lowest BCUT2D eigenvalue weighted by atomic mass is 10.1. The molecular formula is C15H18N2O3. The van der Waals surface area contributed by atoms with E-state index < -0.39 is 5.97 Å². The van der Waals surface area contributed by atoms with Crippen LogP contribution in [-0.2, 0) is 0 Å². The van der Waals surface area contributed by atoms with Crippen LogP contribution in [0.15, 0.2) is 24.4 Å². The largest absolute Gasteiger partial charge is 0.494 e. The van der Waals surface area contributed by atoms with Gasteiger partial charge in [0, 0.05) is 24.7 Å². The van der Waals surface area contributed by atoms with Gasteiger partial charge in [0.25, 0.3) is 0 Å². The number of aromatic nitrogens is 1. The minimum atomic E-state index is -0.968. The van der Waals surface area contributed by atoms with Crippen LogP contribution in [0.25, 0.3) is 10.9 Å². The van der Waals surface area contributed by atoms with E-state index >= 15 is 0 Å². The average Bonchev–Trinajstić information content (AvgIpc) is 2.47. The first-order valence-corrected chi connectivity index (χ1v) is 6.57. The van der Waals surface area contributed by atoms with Crippen LogP contribution in [0.1, 0.15) is 24.2 Å². The van der Waals surface area contributed by atoms with Crippen molar-refractivity contribution in [1.29, 1.82) is 0 Å². The topological polar surface area (TPSA) is 62.7 Å². The molecule has 0 aliphatic heterocycles. The number of carbonyl (C=O) groups is 1. The number of ether oxygens (including phenoxy) is 1. The van der Waals surface area contributed by atoms with Gasteiger partial charge in [0.05, 0.1) is 12.8 Å². The second kappa shape index (κ2) is 5.77. The number of benzene rings is 1. The number of nitrogens with zero attached hydrogens (tertiary/aromatic N) is 2. The number of carboxylic acids is 1. The summed E-state index contributed by atoms with van der Waals surface area (Å²) in [5.41, 5.74) is 1.60. The van der Waals surface area contributed by atoms with Crippen LogP contribution in [0.4, 0.5) is 5.69 Å². The molecule has 0 fully saturated rings. The van der Waals surface area contributed by atoms with Crippen molar-refractivity contribution in [1.82, 2.24) is 4.98 Å². The fraction of sp³-hybridized carbons (Fsp3) is 0.333. The predicted octanol–water partition coefficient (Wildman–Crippen LogP) is 2.79. The third-order valence-electron chi connectivity index (χ3n) is 3.36. The first kappa shape index (κ1) is 14.1. The molecule has 0 amide bonds. The van der Waals surface area contributed by atoms with Crippen molar-refractivity contribution in [2.45, 2.75) is 13.8 Å². The van der Waals surface area contributed by atoms with E-state index in [0.717, 1.165) is 18.5 Å². The Balaban J connectivity index is 2.83. The number of hydrogen-bond donors (Lipinski definition) is 1. The van der Waals surface area contributed by atoms with Gasteiger partial charge in [-0.1, -0.05) is 12.1 Å². The molecule has 2 rings (SSSR count). The lowest BCUT2D eigenvalue weighted by molar-refractivity contribution is 0.0697. The summed E-state index contributed by atoms with van der Waals surface area (Å²) in [4.78, 5) is 17.7. The molecule has 5 nitrogen and oxygen atoms in total. The fourth-order valence-corrected chi connectivity index (χ4v) is 2.38. The van der Waals surface area contributed by atoms with Gasteiger partial charge < -0.3 is 14.7 Å². The predicted molar refractivity (Wildman–Crippen MR) is 78.8 cm³/mol. The van der Waals surface area contributed by atoms with Gasteiger partial charge in [0.2, 0.25) is 0 Å². The molecule has 0 atom stereocenters. The van der Waals surface area contributed by atoms with Crippen molar-refractivity contribution in [3.63, 3.8) is 0 Å². The Morgan fingerprint density at radius 2 is 2.05 bits per heavy atom. The number of aromatic carboxylic acids is 1. The van der Waals surface area contributed by atoms with E-state index in [1.165, 1.54) is 6.20 Å². The van der Waals surface area contributed by atoms with Crippen LogP contribution >= 0.6 is 0 Å². The molecule has 106 valence electrons. The van der Waals surface area contributed by atoms with Crippen molar-refractivity contribution in [2.24, 2.45) is 0 Å². The SMILES string of the molecule is CCN(CC)c1c(C(=O)O)cnc2c(OC)cccc12. The van der Waals surface area contributed by atoms with Crippen molar-refractivity contribution >= 4 is 22.6 Å². The molecule has 0 bridgehead atoms. The van der Waals surface area contributed by atoms with E-state index in [0.29, 0.717) is 17.0 Å². The quantitative estimate of drug-likeness (QED) is 0.908. The zero-order chi connectivity index (χ0) is 14.7. The molecule has 0 saturated carbocycles. The van der Waals surface area contributed by atoms with Crippen LogP contribution in [0.2, 0.25) is 0 Å². The molecule has 0 unspecified atom stereocenters. The number of anilines is 1. The first-order chi connectivity index (χ1) is 9.63. The Labute approximate surface area is 117 Å². The van der Waals surface area contributed by atoms with Crippen molar-refractivity contribution in [3.05, 3.63) is 30.0 Å². The third-order valence-corrected chi connectivity index (χ3v) is 3.36. The number of fused-ring (bicyclic) bond motifs is 1. The highest BCUT2D eigenvalue weighted by Gasteiger charge is 2.19. The first-order valence-electron chi connectivity index (χ1n) is 6.57. The van der Waals surface area contributed by atoms with Crippen LogP contribution in [0.5, 0.6) is 5.75 Å².